The zero-order valence-electron chi connectivity index (χ0n) is 18.8. The number of rotatable bonds is 10. The van der Waals surface area contributed by atoms with Gasteiger partial charge in [0.25, 0.3) is 11.8 Å². The van der Waals surface area contributed by atoms with Gasteiger partial charge >= 0.3 is 0 Å². The van der Waals surface area contributed by atoms with Crippen LogP contribution in [0.2, 0.25) is 15.1 Å². The zero-order valence-corrected chi connectivity index (χ0v) is 21.1. The monoisotopic (exact) mass is 523 g/mol. The lowest BCUT2D eigenvalue weighted by Crippen LogP contribution is -2.48. The molecule has 180 valence electrons. The van der Waals surface area contributed by atoms with Crippen molar-refractivity contribution in [3.05, 3.63) is 56.5 Å². The molecule has 0 fully saturated rings. The first-order chi connectivity index (χ1) is 16.2. The highest BCUT2D eigenvalue weighted by atomic mass is 35.5. The molecule has 0 aliphatic carbocycles. The Morgan fingerprint density at radius 3 is 2.50 bits per heavy atom. The molecule has 0 aromatic heterocycles. The molecule has 0 bridgehead atoms. The van der Waals surface area contributed by atoms with Crippen molar-refractivity contribution in [1.82, 2.24) is 10.7 Å². The summed E-state index contributed by atoms with van der Waals surface area (Å²) in [5, 5.41) is 7.52. The van der Waals surface area contributed by atoms with Crippen LogP contribution in [0.3, 0.4) is 0 Å². The summed E-state index contributed by atoms with van der Waals surface area (Å²) in [6.07, 6.45) is 6.63. The van der Waals surface area contributed by atoms with Crippen molar-refractivity contribution < 1.29 is 19.1 Å². The van der Waals surface area contributed by atoms with Gasteiger partial charge < -0.3 is 14.8 Å². The van der Waals surface area contributed by atoms with E-state index in [0.717, 1.165) is 0 Å². The Hall–Kier alpha value is -2.92. The number of nitrogens with one attached hydrogen (secondary N) is 2. The molecule has 2 rings (SSSR count). The van der Waals surface area contributed by atoms with Gasteiger partial charge in [-0.2, -0.15) is 5.10 Å². The molecule has 0 aliphatic rings. The molecular formula is C24H24Cl3N3O4. The minimum absolute atomic E-state index is 0.0346. The minimum atomic E-state index is -0.862. The summed E-state index contributed by atoms with van der Waals surface area (Å²) in [6, 6.07) is 6.87. The van der Waals surface area contributed by atoms with Crippen LogP contribution in [0.1, 0.15) is 36.7 Å². The number of halogens is 3. The third kappa shape index (κ3) is 7.56. The van der Waals surface area contributed by atoms with Crippen LogP contribution in [0.25, 0.3) is 0 Å². The minimum Gasteiger partial charge on any atom is -0.490 e. The largest absolute Gasteiger partial charge is 0.490 e. The van der Waals surface area contributed by atoms with Gasteiger partial charge in [0.2, 0.25) is 0 Å². The lowest BCUT2D eigenvalue weighted by atomic mass is 10.0. The standard InChI is InChI=1S/C24H24Cl3N3O4/c1-5-9-34-22-19(27)10-15(11-20(22)33-6-2)13-28-30-24(32)21(14(3)4)29-23(31)17-8-7-16(25)12-18(17)26/h1,7-8,10-14,21H,6,9H2,2-4H3,(H,29,31)(H,30,32). The third-order valence-electron chi connectivity index (χ3n) is 4.43. The normalized spacial score (nSPS) is 11.7. The first-order valence-corrected chi connectivity index (χ1v) is 11.4. The summed E-state index contributed by atoms with van der Waals surface area (Å²) >= 11 is 18.3. The number of amides is 2. The Morgan fingerprint density at radius 1 is 1.15 bits per heavy atom. The van der Waals surface area contributed by atoms with Crippen molar-refractivity contribution in [2.75, 3.05) is 13.2 Å². The number of carbonyl (C=O) groups is 2. The highest BCUT2D eigenvalue weighted by molar-refractivity contribution is 6.36. The second-order valence-electron chi connectivity index (χ2n) is 7.31. The number of nitrogens with zero attached hydrogens (tertiary/aromatic N) is 1. The van der Waals surface area contributed by atoms with Crippen molar-refractivity contribution in [2.24, 2.45) is 11.0 Å². The van der Waals surface area contributed by atoms with E-state index in [1.54, 1.807) is 32.0 Å². The molecule has 0 saturated carbocycles. The van der Waals surface area contributed by atoms with Crippen LogP contribution in [0.4, 0.5) is 0 Å². The van der Waals surface area contributed by atoms with Crippen molar-refractivity contribution in [3.63, 3.8) is 0 Å². The Bertz CT molecular complexity index is 1110. The fraction of sp³-hybridized carbons (Fsp3) is 0.292. The van der Waals surface area contributed by atoms with Gasteiger partial charge in [-0.3, -0.25) is 9.59 Å². The molecule has 0 spiro atoms. The van der Waals surface area contributed by atoms with Gasteiger partial charge in [0.05, 0.1) is 28.4 Å². The smallest absolute Gasteiger partial charge is 0.262 e. The summed E-state index contributed by atoms with van der Waals surface area (Å²) in [5.41, 5.74) is 3.20. The third-order valence-corrected chi connectivity index (χ3v) is 5.26. The van der Waals surface area contributed by atoms with Crippen molar-refractivity contribution >= 4 is 52.8 Å². The predicted octanol–water partition coefficient (Wildman–Crippen LogP) is 4.96. The molecule has 1 atom stereocenters. The number of hydrazone groups is 1. The molecule has 0 radical (unpaired) electrons. The Kier molecular flexibility index (Phi) is 10.5. The molecule has 7 nitrogen and oxygen atoms in total. The van der Waals surface area contributed by atoms with Gasteiger partial charge in [0.1, 0.15) is 12.6 Å². The topological polar surface area (TPSA) is 89.0 Å². The summed E-state index contributed by atoms with van der Waals surface area (Å²) in [7, 11) is 0. The van der Waals surface area contributed by atoms with Gasteiger partial charge in [0, 0.05) is 5.02 Å². The lowest BCUT2D eigenvalue weighted by Gasteiger charge is -2.20. The van der Waals surface area contributed by atoms with Crippen molar-refractivity contribution in [1.29, 1.82) is 0 Å². The van der Waals surface area contributed by atoms with Gasteiger partial charge in [-0.15, -0.1) is 6.42 Å². The highest BCUT2D eigenvalue weighted by Crippen LogP contribution is 2.36. The SMILES string of the molecule is C#CCOc1c(Cl)cc(C=NNC(=O)C(NC(=O)c2ccc(Cl)cc2Cl)C(C)C)cc1OCC. The average molecular weight is 525 g/mol. The van der Waals surface area contributed by atoms with E-state index in [1.807, 2.05) is 6.92 Å². The van der Waals surface area contributed by atoms with Crippen LogP contribution < -0.4 is 20.2 Å². The number of benzene rings is 2. The predicted molar refractivity (Wildman–Crippen MR) is 135 cm³/mol. The molecule has 0 aliphatic heterocycles. The summed E-state index contributed by atoms with van der Waals surface area (Å²) < 4.78 is 11.0. The maximum Gasteiger partial charge on any atom is 0.262 e. The van der Waals surface area contributed by atoms with Gasteiger partial charge in [-0.25, -0.2) is 5.43 Å². The molecule has 2 amide bonds. The van der Waals surface area contributed by atoms with Crippen LogP contribution in [0.15, 0.2) is 35.4 Å². The molecule has 0 heterocycles. The first kappa shape index (κ1) is 27.3. The fourth-order valence-electron chi connectivity index (χ4n) is 2.85. The average Bonchev–Trinajstić information content (AvgIpc) is 2.76. The number of hydrogen-bond donors (Lipinski definition) is 2. The van der Waals surface area contributed by atoms with Crippen LogP contribution in [0.5, 0.6) is 11.5 Å². The number of carbonyl (C=O) groups excluding carboxylic acids is 2. The number of hydrogen-bond acceptors (Lipinski definition) is 5. The van der Waals surface area contributed by atoms with Gasteiger partial charge in [0.15, 0.2) is 11.5 Å². The first-order valence-electron chi connectivity index (χ1n) is 10.3. The van der Waals surface area contributed by atoms with E-state index >= 15 is 0 Å². The summed E-state index contributed by atoms with van der Waals surface area (Å²) in [6.45, 7) is 5.82. The molecular weight excluding hydrogens is 501 g/mol. The highest BCUT2D eigenvalue weighted by Gasteiger charge is 2.25. The van der Waals surface area contributed by atoms with Crippen LogP contribution >= 0.6 is 34.8 Å². The molecule has 0 saturated heterocycles. The second kappa shape index (κ2) is 13.1. The van der Waals surface area contributed by atoms with E-state index in [4.69, 9.17) is 50.7 Å². The van der Waals surface area contributed by atoms with Crippen LogP contribution in [-0.4, -0.2) is 37.3 Å². The maximum absolute atomic E-state index is 12.7. The molecule has 34 heavy (non-hydrogen) atoms. The van der Waals surface area contributed by atoms with Crippen LogP contribution in [0, 0.1) is 18.3 Å². The van der Waals surface area contributed by atoms with E-state index in [2.05, 4.69) is 21.8 Å². The van der Waals surface area contributed by atoms with Crippen LogP contribution in [-0.2, 0) is 4.79 Å². The van der Waals surface area contributed by atoms with E-state index in [1.165, 1.54) is 18.3 Å². The van der Waals surface area contributed by atoms with E-state index in [0.29, 0.717) is 28.7 Å². The maximum atomic E-state index is 12.7. The molecule has 2 aromatic carbocycles. The molecule has 10 heteroatoms. The van der Waals surface area contributed by atoms with E-state index in [-0.39, 0.29) is 28.1 Å². The Balaban J connectivity index is 2.13. The van der Waals surface area contributed by atoms with Gasteiger partial charge in [-0.1, -0.05) is 54.6 Å². The lowest BCUT2D eigenvalue weighted by molar-refractivity contribution is -0.123. The van der Waals surface area contributed by atoms with E-state index in [9.17, 15) is 9.59 Å². The number of ether oxygens (including phenoxy) is 2. The molecule has 1 unspecified atom stereocenters. The Labute approximate surface area is 213 Å². The Morgan fingerprint density at radius 2 is 1.88 bits per heavy atom. The van der Waals surface area contributed by atoms with Crippen molar-refractivity contribution in [2.45, 2.75) is 26.8 Å². The molecule has 2 N–H and O–H groups in total. The zero-order chi connectivity index (χ0) is 25.3. The second-order valence-corrected chi connectivity index (χ2v) is 8.56. The number of terminal acetylenes is 1. The van der Waals surface area contributed by atoms with Crippen molar-refractivity contribution in [3.8, 4) is 23.8 Å². The summed E-state index contributed by atoms with van der Waals surface area (Å²) in [5.74, 6) is 1.85. The molecule has 2 aromatic rings. The fourth-order valence-corrected chi connectivity index (χ4v) is 3.61. The quantitative estimate of drug-likeness (QED) is 0.261. The summed E-state index contributed by atoms with van der Waals surface area (Å²) in [4.78, 5) is 25.3. The van der Waals surface area contributed by atoms with Gasteiger partial charge in [-0.05, 0) is 48.7 Å². The van der Waals surface area contributed by atoms with E-state index < -0.39 is 17.9 Å².